The highest BCUT2D eigenvalue weighted by molar-refractivity contribution is 6.34. The molecule has 1 saturated carbocycles. The third-order valence-electron chi connectivity index (χ3n) is 3.92. The van der Waals surface area contributed by atoms with Gasteiger partial charge in [-0.15, -0.1) is 0 Å². The molecule has 6 nitrogen and oxygen atoms in total. The molecule has 122 valence electrons. The summed E-state index contributed by atoms with van der Waals surface area (Å²) in [6, 6.07) is 5.05. The van der Waals surface area contributed by atoms with Gasteiger partial charge in [-0.3, -0.25) is 14.4 Å². The van der Waals surface area contributed by atoms with Crippen molar-refractivity contribution in [1.82, 2.24) is 10.6 Å². The molecule has 0 bridgehead atoms. The normalized spacial score (nSPS) is 17.3. The number of halogens is 1. The van der Waals surface area contributed by atoms with Gasteiger partial charge in [0.05, 0.1) is 17.3 Å². The van der Waals surface area contributed by atoms with Crippen molar-refractivity contribution >= 4 is 35.0 Å². The molecule has 7 heteroatoms. The summed E-state index contributed by atoms with van der Waals surface area (Å²) in [5.41, 5.74) is 0.924. The van der Waals surface area contributed by atoms with E-state index in [0.717, 1.165) is 19.3 Å². The quantitative estimate of drug-likeness (QED) is 0.855. The number of carbonyl (C=O) groups is 3. The summed E-state index contributed by atoms with van der Waals surface area (Å²) in [6.45, 7) is 0.545. The Hall–Kier alpha value is -2.08. The van der Waals surface area contributed by atoms with E-state index in [9.17, 15) is 14.4 Å². The van der Waals surface area contributed by atoms with Crippen LogP contribution in [0.3, 0.4) is 0 Å². The Kier molecular flexibility index (Phi) is 4.52. The fraction of sp³-hybridized carbons (Fsp3) is 0.438. The monoisotopic (exact) mass is 335 g/mol. The molecule has 1 heterocycles. The molecule has 23 heavy (non-hydrogen) atoms. The van der Waals surface area contributed by atoms with Crippen molar-refractivity contribution in [3.8, 4) is 0 Å². The molecule has 1 saturated heterocycles. The minimum absolute atomic E-state index is 0.00766. The minimum Gasteiger partial charge on any atom is -0.352 e. The molecule has 3 amide bonds. The van der Waals surface area contributed by atoms with Crippen molar-refractivity contribution in [1.29, 1.82) is 0 Å². The maximum Gasteiger partial charge on any atom is 0.251 e. The van der Waals surface area contributed by atoms with Crippen molar-refractivity contribution in [3.63, 3.8) is 0 Å². The average Bonchev–Trinajstić information content (AvgIpc) is 3.24. The maximum atomic E-state index is 12.2. The molecule has 2 aliphatic rings. The third kappa shape index (κ3) is 3.82. The highest BCUT2D eigenvalue weighted by Gasteiger charge is 2.25. The molecular formula is C16H18ClN3O3. The zero-order valence-corrected chi connectivity index (χ0v) is 13.4. The Balaban J connectivity index is 1.65. The van der Waals surface area contributed by atoms with Gasteiger partial charge in [0.2, 0.25) is 11.8 Å². The maximum absolute atomic E-state index is 12.2. The van der Waals surface area contributed by atoms with E-state index in [0.29, 0.717) is 29.2 Å². The van der Waals surface area contributed by atoms with E-state index in [2.05, 4.69) is 10.6 Å². The molecule has 0 spiro atoms. The molecule has 1 aliphatic heterocycles. The number of hydrogen-bond acceptors (Lipinski definition) is 3. The van der Waals surface area contributed by atoms with Gasteiger partial charge in [0.1, 0.15) is 0 Å². The lowest BCUT2D eigenvalue weighted by atomic mass is 10.1. The Morgan fingerprint density at radius 2 is 2.09 bits per heavy atom. The smallest absolute Gasteiger partial charge is 0.251 e. The van der Waals surface area contributed by atoms with Crippen molar-refractivity contribution in [2.45, 2.75) is 31.7 Å². The van der Waals surface area contributed by atoms with Gasteiger partial charge in [0.15, 0.2) is 0 Å². The van der Waals surface area contributed by atoms with E-state index in [1.54, 1.807) is 23.1 Å². The number of hydrogen-bond donors (Lipinski definition) is 2. The Bertz CT molecular complexity index is 658. The Morgan fingerprint density at radius 3 is 2.74 bits per heavy atom. The van der Waals surface area contributed by atoms with Gasteiger partial charge in [-0.05, 0) is 37.5 Å². The summed E-state index contributed by atoms with van der Waals surface area (Å²) in [4.78, 5) is 37.2. The predicted molar refractivity (Wildman–Crippen MR) is 86.5 cm³/mol. The van der Waals surface area contributed by atoms with Crippen LogP contribution in [0.5, 0.6) is 0 Å². The summed E-state index contributed by atoms with van der Waals surface area (Å²) in [5.74, 6) is -0.543. The first-order chi connectivity index (χ1) is 11.0. The van der Waals surface area contributed by atoms with Crippen LogP contribution in [0.15, 0.2) is 18.2 Å². The molecule has 0 unspecified atom stereocenters. The summed E-state index contributed by atoms with van der Waals surface area (Å²) >= 11 is 6.15. The van der Waals surface area contributed by atoms with E-state index < -0.39 is 0 Å². The van der Waals surface area contributed by atoms with Crippen LogP contribution >= 0.6 is 11.6 Å². The second kappa shape index (κ2) is 6.58. The van der Waals surface area contributed by atoms with Crippen molar-refractivity contribution in [3.05, 3.63) is 28.8 Å². The standard InChI is InChI=1S/C16H18ClN3O3/c17-12-6-3-10(8-13(12)20-7-1-2-15(20)22)16(23)18-9-14(21)19-11-4-5-11/h3,6,8,11H,1-2,4-5,7,9H2,(H,18,23)(H,19,21). The van der Waals surface area contributed by atoms with Crippen LogP contribution in [-0.2, 0) is 9.59 Å². The first kappa shape index (κ1) is 15.8. The topological polar surface area (TPSA) is 78.5 Å². The highest BCUT2D eigenvalue weighted by Crippen LogP contribution is 2.30. The first-order valence-electron chi connectivity index (χ1n) is 7.72. The van der Waals surface area contributed by atoms with Crippen molar-refractivity contribution in [2.75, 3.05) is 18.0 Å². The molecule has 0 radical (unpaired) electrons. The number of carbonyl (C=O) groups excluding carboxylic acids is 3. The lowest BCUT2D eigenvalue weighted by Gasteiger charge is -2.18. The zero-order valence-electron chi connectivity index (χ0n) is 12.6. The summed E-state index contributed by atoms with van der Waals surface area (Å²) < 4.78 is 0. The molecule has 2 fully saturated rings. The second-order valence-corrected chi connectivity index (χ2v) is 6.25. The van der Waals surface area contributed by atoms with Gasteiger partial charge in [-0.25, -0.2) is 0 Å². The van der Waals surface area contributed by atoms with Gasteiger partial charge in [-0.2, -0.15) is 0 Å². The van der Waals surface area contributed by atoms with Crippen molar-refractivity contribution < 1.29 is 14.4 Å². The van der Waals surface area contributed by atoms with Crippen LogP contribution in [-0.4, -0.2) is 36.9 Å². The average molecular weight is 336 g/mol. The van der Waals surface area contributed by atoms with E-state index in [4.69, 9.17) is 11.6 Å². The fourth-order valence-corrected chi connectivity index (χ4v) is 2.75. The van der Waals surface area contributed by atoms with Crippen molar-refractivity contribution in [2.24, 2.45) is 0 Å². The number of nitrogens with one attached hydrogen (secondary N) is 2. The lowest BCUT2D eigenvalue weighted by molar-refractivity contribution is -0.120. The SMILES string of the molecule is O=C(CNC(=O)c1ccc(Cl)c(N2CCCC2=O)c1)NC1CC1. The number of benzene rings is 1. The summed E-state index contributed by atoms with van der Waals surface area (Å²) in [5, 5.41) is 5.82. The molecule has 0 aromatic heterocycles. The summed E-state index contributed by atoms with van der Waals surface area (Å²) in [7, 11) is 0. The lowest BCUT2D eigenvalue weighted by Crippen LogP contribution is -2.37. The van der Waals surface area contributed by atoms with Crippen LogP contribution < -0.4 is 15.5 Å². The first-order valence-corrected chi connectivity index (χ1v) is 8.10. The van der Waals surface area contributed by atoms with E-state index >= 15 is 0 Å². The van der Waals surface area contributed by atoms with Gasteiger partial charge < -0.3 is 15.5 Å². The third-order valence-corrected chi connectivity index (χ3v) is 4.24. The Morgan fingerprint density at radius 1 is 1.30 bits per heavy atom. The van der Waals surface area contributed by atoms with Gasteiger partial charge in [-0.1, -0.05) is 11.6 Å². The Labute approximate surface area is 139 Å². The van der Waals surface area contributed by atoms with E-state index in [-0.39, 0.29) is 30.3 Å². The van der Waals surface area contributed by atoms with Crippen LogP contribution in [0.2, 0.25) is 5.02 Å². The van der Waals surface area contributed by atoms with Gasteiger partial charge >= 0.3 is 0 Å². The molecule has 1 aliphatic carbocycles. The van der Waals surface area contributed by atoms with Crippen LogP contribution in [0.25, 0.3) is 0 Å². The number of nitrogens with zero attached hydrogens (tertiary/aromatic N) is 1. The van der Waals surface area contributed by atoms with Crippen LogP contribution in [0, 0.1) is 0 Å². The van der Waals surface area contributed by atoms with E-state index in [1.165, 1.54) is 0 Å². The number of rotatable bonds is 5. The van der Waals surface area contributed by atoms with Crippen LogP contribution in [0.4, 0.5) is 5.69 Å². The second-order valence-electron chi connectivity index (χ2n) is 5.84. The number of anilines is 1. The van der Waals surface area contributed by atoms with Gasteiger partial charge in [0.25, 0.3) is 5.91 Å². The molecule has 0 atom stereocenters. The fourth-order valence-electron chi connectivity index (χ4n) is 2.53. The van der Waals surface area contributed by atoms with Crippen LogP contribution in [0.1, 0.15) is 36.0 Å². The van der Waals surface area contributed by atoms with E-state index in [1.807, 2.05) is 0 Å². The minimum atomic E-state index is -0.361. The molecule has 2 N–H and O–H groups in total. The molecule has 3 rings (SSSR count). The largest absolute Gasteiger partial charge is 0.352 e. The van der Waals surface area contributed by atoms with Gasteiger partial charge in [0, 0.05) is 24.6 Å². The molecular weight excluding hydrogens is 318 g/mol. The highest BCUT2D eigenvalue weighted by atomic mass is 35.5. The zero-order chi connectivity index (χ0) is 16.4. The molecule has 1 aromatic rings. The molecule has 1 aromatic carbocycles. The number of amides is 3. The summed E-state index contributed by atoms with van der Waals surface area (Å²) in [6.07, 6.45) is 3.29. The predicted octanol–water partition coefficient (Wildman–Crippen LogP) is 1.48.